The van der Waals surface area contributed by atoms with Crippen LogP contribution >= 0.6 is 0 Å². The number of hydrogen-bond acceptors (Lipinski definition) is 2. The van der Waals surface area contributed by atoms with Crippen LogP contribution in [0.4, 0.5) is 4.39 Å². The van der Waals surface area contributed by atoms with Gasteiger partial charge in [-0.05, 0) is 49.6 Å². The number of hydrogen-bond donors (Lipinski definition) is 1. The van der Waals surface area contributed by atoms with Crippen molar-refractivity contribution >= 4 is 0 Å². The van der Waals surface area contributed by atoms with E-state index in [1.807, 2.05) is 32.0 Å². The molecular weight excluding hydrogens is 255 g/mol. The molecule has 1 atom stereocenters. The Bertz CT molecular complexity index is 633. The Morgan fingerprint density at radius 1 is 1.10 bits per heavy atom. The van der Waals surface area contributed by atoms with E-state index in [1.165, 1.54) is 13.2 Å². The van der Waals surface area contributed by atoms with Crippen LogP contribution in [0.1, 0.15) is 29.2 Å². The lowest BCUT2D eigenvalue weighted by atomic mass is 9.83. The highest BCUT2D eigenvalue weighted by Gasteiger charge is 2.33. The molecule has 0 fully saturated rings. The zero-order valence-corrected chi connectivity index (χ0v) is 12.2. The zero-order valence-electron chi connectivity index (χ0n) is 12.2. The standard InChI is InChI=1S/C17H19FO2/c1-11-7-5-8-13(12(11)2)17(3,19)16-14(18)9-6-10-15(16)20-4/h5-10,19H,1-4H3. The molecule has 2 aromatic rings. The van der Waals surface area contributed by atoms with Crippen molar-refractivity contribution in [3.63, 3.8) is 0 Å². The maximum absolute atomic E-state index is 14.2. The highest BCUT2D eigenvalue weighted by Crippen LogP contribution is 2.38. The Hall–Kier alpha value is -1.87. The number of benzene rings is 2. The number of rotatable bonds is 3. The normalized spacial score (nSPS) is 13.9. The van der Waals surface area contributed by atoms with Crippen molar-refractivity contribution in [2.75, 3.05) is 7.11 Å². The van der Waals surface area contributed by atoms with Gasteiger partial charge in [-0.1, -0.05) is 24.3 Å². The summed E-state index contributed by atoms with van der Waals surface area (Å²) in [6.07, 6.45) is 0. The molecule has 0 radical (unpaired) electrons. The van der Waals surface area contributed by atoms with E-state index in [0.717, 1.165) is 11.1 Å². The first-order chi connectivity index (χ1) is 9.39. The maximum atomic E-state index is 14.2. The molecule has 0 aromatic heterocycles. The Morgan fingerprint density at radius 2 is 1.75 bits per heavy atom. The van der Waals surface area contributed by atoms with Crippen molar-refractivity contribution in [3.8, 4) is 5.75 Å². The highest BCUT2D eigenvalue weighted by atomic mass is 19.1. The van der Waals surface area contributed by atoms with Gasteiger partial charge < -0.3 is 9.84 Å². The second-order valence-electron chi connectivity index (χ2n) is 5.14. The molecule has 20 heavy (non-hydrogen) atoms. The summed E-state index contributed by atoms with van der Waals surface area (Å²) in [5.74, 6) is -0.133. The summed E-state index contributed by atoms with van der Waals surface area (Å²) in [4.78, 5) is 0. The molecule has 2 aromatic carbocycles. The van der Waals surface area contributed by atoms with E-state index >= 15 is 0 Å². The van der Waals surface area contributed by atoms with E-state index in [-0.39, 0.29) is 5.56 Å². The minimum atomic E-state index is -1.45. The lowest BCUT2D eigenvalue weighted by molar-refractivity contribution is 0.0937. The first kappa shape index (κ1) is 14.5. The van der Waals surface area contributed by atoms with Gasteiger partial charge in [0, 0.05) is 0 Å². The monoisotopic (exact) mass is 274 g/mol. The van der Waals surface area contributed by atoms with E-state index in [0.29, 0.717) is 11.3 Å². The third kappa shape index (κ3) is 2.29. The summed E-state index contributed by atoms with van der Waals surface area (Å²) in [5.41, 5.74) is 1.39. The first-order valence-electron chi connectivity index (χ1n) is 6.51. The number of ether oxygens (including phenoxy) is 1. The van der Waals surface area contributed by atoms with E-state index in [4.69, 9.17) is 4.74 Å². The average Bonchev–Trinajstić information content (AvgIpc) is 2.41. The molecule has 0 spiro atoms. The molecule has 0 bridgehead atoms. The van der Waals surface area contributed by atoms with Crippen molar-refractivity contribution in [2.45, 2.75) is 26.4 Å². The first-order valence-corrected chi connectivity index (χ1v) is 6.51. The van der Waals surface area contributed by atoms with Gasteiger partial charge in [-0.2, -0.15) is 0 Å². The smallest absolute Gasteiger partial charge is 0.133 e. The summed E-state index contributed by atoms with van der Waals surface area (Å²) in [6.45, 7) is 5.48. The minimum absolute atomic E-state index is 0.163. The van der Waals surface area contributed by atoms with Crippen LogP contribution in [-0.4, -0.2) is 12.2 Å². The number of methoxy groups -OCH3 is 1. The summed E-state index contributed by atoms with van der Waals surface area (Å²) >= 11 is 0. The second-order valence-corrected chi connectivity index (χ2v) is 5.14. The van der Waals surface area contributed by atoms with Crippen LogP contribution < -0.4 is 4.74 Å². The summed E-state index contributed by atoms with van der Waals surface area (Å²) < 4.78 is 19.4. The summed E-state index contributed by atoms with van der Waals surface area (Å²) in [6, 6.07) is 10.2. The van der Waals surface area contributed by atoms with Crippen molar-refractivity contribution in [1.82, 2.24) is 0 Å². The lowest BCUT2D eigenvalue weighted by Gasteiger charge is -2.28. The Balaban J connectivity index is 2.70. The van der Waals surface area contributed by atoms with Gasteiger partial charge >= 0.3 is 0 Å². The van der Waals surface area contributed by atoms with Gasteiger partial charge in [0.15, 0.2) is 0 Å². The summed E-state index contributed by atoms with van der Waals surface area (Å²) in [7, 11) is 1.47. The molecule has 0 saturated heterocycles. The highest BCUT2D eigenvalue weighted by molar-refractivity contribution is 5.48. The predicted molar refractivity (Wildman–Crippen MR) is 77.5 cm³/mol. The largest absolute Gasteiger partial charge is 0.496 e. The third-order valence-electron chi connectivity index (χ3n) is 3.81. The Labute approximate surface area is 118 Å². The molecule has 2 nitrogen and oxygen atoms in total. The van der Waals surface area contributed by atoms with Crippen molar-refractivity contribution in [3.05, 3.63) is 64.5 Å². The molecule has 106 valence electrons. The van der Waals surface area contributed by atoms with Crippen molar-refractivity contribution in [1.29, 1.82) is 0 Å². The molecule has 0 amide bonds. The van der Waals surface area contributed by atoms with Crippen LogP contribution in [0.15, 0.2) is 36.4 Å². The van der Waals surface area contributed by atoms with Crippen LogP contribution in [0.3, 0.4) is 0 Å². The number of halogens is 1. The Morgan fingerprint density at radius 3 is 2.40 bits per heavy atom. The molecule has 3 heteroatoms. The molecular formula is C17H19FO2. The summed E-state index contributed by atoms with van der Waals surface area (Å²) in [5, 5.41) is 10.9. The molecule has 0 heterocycles. The van der Waals surface area contributed by atoms with Gasteiger partial charge in [0.25, 0.3) is 0 Å². The molecule has 0 aliphatic heterocycles. The van der Waals surface area contributed by atoms with Gasteiger partial charge in [0.2, 0.25) is 0 Å². The fraction of sp³-hybridized carbons (Fsp3) is 0.294. The van der Waals surface area contributed by atoms with Crippen LogP contribution in [0, 0.1) is 19.7 Å². The topological polar surface area (TPSA) is 29.5 Å². The molecule has 0 saturated carbocycles. The quantitative estimate of drug-likeness (QED) is 0.924. The lowest BCUT2D eigenvalue weighted by Crippen LogP contribution is -2.26. The van der Waals surface area contributed by atoms with Crippen molar-refractivity contribution in [2.24, 2.45) is 0 Å². The average molecular weight is 274 g/mol. The SMILES string of the molecule is COc1cccc(F)c1C(C)(O)c1cccc(C)c1C. The molecule has 2 rings (SSSR count). The van der Waals surface area contributed by atoms with Gasteiger partial charge in [-0.15, -0.1) is 0 Å². The van der Waals surface area contributed by atoms with Crippen molar-refractivity contribution < 1.29 is 14.2 Å². The van der Waals surface area contributed by atoms with Gasteiger partial charge in [-0.3, -0.25) is 0 Å². The van der Waals surface area contributed by atoms with E-state index in [1.54, 1.807) is 19.1 Å². The van der Waals surface area contributed by atoms with Gasteiger partial charge in [0.05, 0.1) is 12.7 Å². The third-order valence-corrected chi connectivity index (χ3v) is 3.81. The number of aliphatic hydroxyl groups is 1. The van der Waals surface area contributed by atoms with Gasteiger partial charge in [0.1, 0.15) is 17.2 Å². The van der Waals surface area contributed by atoms with Crippen LogP contribution in [0.25, 0.3) is 0 Å². The minimum Gasteiger partial charge on any atom is -0.496 e. The van der Waals surface area contributed by atoms with E-state index in [9.17, 15) is 9.50 Å². The predicted octanol–water partition coefficient (Wildman–Crippen LogP) is 3.71. The van der Waals surface area contributed by atoms with E-state index in [2.05, 4.69) is 0 Å². The second kappa shape index (κ2) is 5.25. The fourth-order valence-corrected chi connectivity index (χ4v) is 2.56. The molecule has 1 unspecified atom stereocenters. The molecule has 0 aliphatic rings. The number of aryl methyl sites for hydroxylation is 1. The van der Waals surface area contributed by atoms with Crippen LogP contribution in [0.5, 0.6) is 5.75 Å². The zero-order chi connectivity index (χ0) is 14.9. The Kier molecular flexibility index (Phi) is 3.82. The van der Waals surface area contributed by atoms with Crippen LogP contribution in [0.2, 0.25) is 0 Å². The molecule has 1 N–H and O–H groups in total. The van der Waals surface area contributed by atoms with E-state index < -0.39 is 11.4 Å². The van der Waals surface area contributed by atoms with Crippen LogP contribution in [-0.2, 0) is 5.60 Å². The molecule has 0 aliphatic carbocycles. The fourth-order valence-electron chi connectivity index (χ4n) is 2.56. The maximum Gasteiger partial charge on any atom is 0.133 e. The van der Waals surface area contributed by atoms with Gasteiger partial charge in [-0.25, -0.2) is 4.39 Å².